The number of nitrogens with two attached hydrogens (primary N) is 1. The molecule has 3 N–H and O–H groups in total. The van der Waals surface area contributed by atoms with Crippen LogP contribution < -0.4 is 5.73 Å². The minimum atomic E-state index is -0.784. The van der Waals surface area contributed by atoms with E-state index in [0.717, 1.165) is 32.5 Å². The third-order valence-corrected chi connectivity index (χ3v) is 5.80. The molecule has 0 aromatic carbocycles. The third-order valence-electron chi connectivity index (χ3n) is 4.15. The lowest BCUT2D eigenvalue weighted by atomic mass is 10.0. The monoisotopic (exact) mass is 273 g/mol. The van der Waals surface area contributed by atoms with E-state index in [1.807, 2.05) is 11.8 Å². The van der Waals surface area contributed by atoms with Crippen LogP contribution in [0.25, 0.3) is 0 Å². The van der Waals surface area contributed by atoms with Gasteiger partial charge in [0, 0.05) is 25.4 Å². The molecule has 104 valence electrons. The molecule has 2 heterocycles. The molecule has 0 radical (unpaired) electrons. The summed E-state index contributed by atoms with van der Waals surface area (Å²) in [6, 6.07) is -0.784. The van der Waals surface area contributed by atoms with Crippen molar-refractivity contribution in [3.8, 4) is 0 Å². The van der Waals surface area contributed by atoms with Crippen molar-refractivity contribution in [3.63, 3.8) is 0 Å². The van der Waals surface area contributed by atoms with Gasteiger partial charge in [-0.15, -0.1) is 11.8 Å². The predicted molar refractivity (Wildman–Crippen MR) is 73.3 cm³/mol. The predicted octanol–water partition coefficient (Wildman–Crippen LogP) is -0.308. The summed E-state index contributed by atoms with van der Waals surface area (Å²) < 4.78 is 0. The fraction of sp³-hybridized carbons (Fsp3) is 0.917. The molecule has 0 saturated carbocycles. The number of hydrogen-bond acceptors (Lipinski definition) is 5. The summed E-state index contributed by atoms with van der Waals surface area (Å²) in [7, 11) is 2.17. The summed E-state index contributed by atoms with van der Waals surface area (Å²) in [5, 5.41) is 9.38. The van der Waals surface area contributed by atoms with Crippen molar-refractivity contribution >= 4 is 17.7 Å². The topological polar surface area (TPSA) is 69.8 Å². The highest BCUT2D eigenvalue weighted by atomic mass is 32.2. The van der Waals surface area contributed by atoms with Gasteiger partial charge in [0.2, 0.25) is 5.91 Å². The lowest BCUT2D eigenvalue weighted by Crippen LogP contribution is -2.55. The smallest absolute Gasteiger partial charge is 0.242 e. The molecule has 2 saturated heterocycles. The molecule has 18 heavy (non-hydrogen) atoms. The van der Waals surface area contributed by atoms with Gasteiger partial charge in [0.05, 0.1) is 11.0 Å². The summed E-state index contributed by atoms with van der Waals surface area (Å²) >= 11 is 2.01. The van der Waals surface area contributed by atoms with E-state index < -0.39 is 12.1 Å². The van der Waals surface area contributed by atoms with Crippen LogP contribution >= 0.6 is 11.8 Å². The summed E-state index contributed by atoms with van der Waals surface area (Å²) in [5.74, 6) is 1.06. The molecule has 0 aromatic rings. The summed E-state index contributed by atoms with van der Waals surface area (Å²) in [5.41, 5.74) is 5.71. The first-order valence-corrected chi connectivity index (χ1v) is 7.52. The Hall–Kier alpha value is -0.300. The zero-order chi connectivity index (χ0) is 13.3. The number of aliphatic hydroxyl groups is 1. The molecule has 2 aliphatic rings. The van der Waals surface area contributed by atoms with Crippen molar-refractivity contribution < 1.29 is 9.90 Å². The Balaban J connectivity index is 1.92. The number of nitrogens with zero attached hydrogens (tertiary/aromatic N) is 2. The second-order valence-electron chi connectivity index (χ2n) is 5.31. The van der Waals surface area contributed by atoms with Crippen LogP contribution in [0.2, 0.25) is 0 Å². The molecule has 0 aromatic heterocycles. The standard InChI is InChI=1S/C12H23N3O2S/c1-9(16)10(13)11(17)15-5-3-12(4-6-15)14(2)7-8-18-12/h9-10,16H,3-8,13H2,1-2H3/t9-,10+/m1/s1. The van der Waals surface area contributed by atoms with Crippen LogP contribution in [-0.4, -0.2) is 70.3 Å². The molecule has 1 spiro atoms. The average Bonchev–Trinajstić information content (AvgIpc) is 2.70. The maximum Gasteiger partial charge on any atom is 0.242 e. The molecule has 2 fully saturated rings. The quantitative estimate of drug-likeness (QED) is 0.722. The van der Waals surface area contributed by atoms with E-state index in [-0.39, 0.29) is 10.8 Å². The number of rotatable bonds is 2. The second kappa shape index (κ2) is 5.36. The number of hydrogen-bond donors (Lipinski definition) is 2. The van der Waals surface area contributed by atoms with Crippen LogP contribution in [0.5, 0.6) is 0 Å². The maximum atomic E-state index is 12.0. The van der Waals surface area contributed by atoms with E-state index in [4.69, 9.17) is 5.73 Å². The minimum absolute atomic E-state index is 0.120. The van der Waals surface area contributed by atoms with Gasteiger partial charge in [0.1, 0.15) is 6.04 Å². The Labute approximate surface area is 113 Å². The first-order chi connectivity index (χ1) is 8.46. The highest BCUT2D eigenvalue weighted by Gasteiger charge is 2.43. The number of likely N-dealkylation sites (tertiary alicyclic amines) is 1. The van der Waals surface area contributed by atoms with Crippen LogP contribution in [0.3, 0.4) is 0 Å². The van der Waals surface area contributed by atoms with Crippen LogP contribution in [0.4, 0.5) is 0 Å². The van der Waals surface area contributed by atoms with Crippen molar-refractivity contribution in [2.45, 2.75) is 36.8 Å². The van der Waals surface area contributed by atoms with E-state index >= 15 is 0 Å². The van der Waals surface area contributed by atoms with Gasteiger partial charge in [-0.3, -0.25) is 9.69 Å². The molecule has 6 heteroatoms. The lowest BCUT2D eigenvalue weighted by Gasteiger charge is -2.43. The molecular formula is C12H23N3O2S. The van der Waals surface area contributed by atoms with E-state index in [0.29, 0.717) is 0 Å². The largest absolute Gasteiger partial charge is 0.391 e. The summed E-state index contributed by atoms with van der Waals surface area (Å²) in [6.45, 7) is 4.19. The van der Waals surface area contributed by atoms with Crippen molar-refractivity contribution in [2.24, 2.45) is 5.73 Å². The fourth-order valence-corrected chi connectivity index (χ4v) is 4.23. The summed E-state index contributed by atoms with van der Waals surface area (Å²) in [4.78, 5) is 16.5. The van der Waals surface area contributed by atoms with Gasteiger partial charge in [-0.1, -0.05) is 0 Å². The van der Waals surface area contributed by atoms with E-state index in [1.165, 1.54) is 5.75 Å². The lowest BCUT2D eigenvalue weighted by molar-refractivity contribution is -0.136. The van der Waals surface area contributed by atoms with Gasteiger partial charge in [0.25, 0.3) is 0 Å². The summed E-state index contributed by atoms with van der Waals surface area (Å²) in [6.07, 6.45) is 1.20. The van der Waals surface area contributed by atoms with Crippen LogP contribution in [0.1, 0.15) is 19.8 Å². The van der Waals surface area contributed by atoms with E-state index in [2.05, 4.69) is 11.9 Å². The van der Waals surface area contributed by atoms with Crippen molar-refractivity contribution in [2.75, 3.05) is 32.4 Å². The molecule has 5 nitrogen and oxygen atoms in total. The van der Waals surface area contributed by atoms with E-state index in [1.54, 1.807) is 11.8 Å². The number of carbonyl (C=O) groups excluding carboxylic acids is 1. The Morgan fingerprint density at radius 3 is 2.44 bits per heavy atom. The molecule has 2 aliphatic heterocycles. The van der Waals surface area contributed by atoms with Gasteiger partial charge >= 0.3 is 0 Å². The SMILES string of the molecule is C[C@@H](O)[C@H](N)C(=O)N1CCC2(CC1)SCCN2C. The van der Waals surface area contributed by atoms with Gasteiger partial charge in [-0.25, -0.2) is 0 Å². The average molecular weight is 273 g/mol. The van der Waals surface area contributed by atoms with Crippen LogP contribution in [0.15, 0.2) is 0 Å². The third kappa shape index (κ3) is 2.52. The van der Waals surface area contributed by atoms with Crippen LogP contribution in [0, 0.1) is 0 Å². The molecular weight excluding hydrogens is 250 g/mol. The van der Waals surface area contributed by atoms with E-state index in [9.17, 15) is 9.90 Å². The normalized spacial score (nSPS) is 27.4. The molecule has 0 bridgehead atoms. The van der Waals surface area contributed by atoms with Crippen molar-refractivity contribution in [1.82, 2.24) is 9.80 Å². The highest BCUT2D eigenvalue weighted by molar-refractivity contribution is 8.00. The molecule has 1 amide bonds. The first kappa shape index (κ1) is 14.1. The zero-order valence-electron chi connectivity index (χ0n) is 11.1. The highest BCUT2D eigenvalue weighted by Crippen LogP contribution is 2.42. The van der Waals surface area contributed by atoms with Crippen molar-refractivity contribution in [1.29, 1.82) is 0 Å². The molecule has 2 rings (SSSR count). The minimum Gasteiger partial charge on any atom is -0.391 e. The van der Waals surface area contributed by atoms with Crippen molar-refractivity contribution in [3.05, 3.63) is 0 Å². The number of piperidine rings is 1. The first-order valence-electron chi connectivity index (χ1n) is 6.54. The zero-order valence-corrected chi connectivity index (χ0v) is 11.9. The van der Waals surface area contributed by atoms with Crippen LogP contribution in [-0.2, 0) is 4.79 Å². The molecule has 0 unspecified atom stereocenters. The van der Waals surface area contributed by atoms with Gasteiger partial charge < -0.3 is 15.7 Å². The molecule has 0 aliphatic carbocycles. The van der Waals surface area contributed by atoms with Gasteiger partial charge in [0.15, 0.2) is 0 Å². The van der Waals surface area contributed by atoms with Gasteiger partial charge in [-0.2, -0.15) is 0 Å². The Morgan fingerprint density at radius 2 is 2.00 bits per heavy atom. The van der Waals surface area contributed by atoms with Gasteiger partial charge in [-0.05, 0) is 26.8 Å². The molecule has 2 atom stereocenters. The number of amides is 1. The number of aliphatic hydroxyl groups excluding tert-OH is 1. The second-order valence-corrected chi connectivity index (χ2v) is 6.76. The Kier molecular flexibility index (Phi) is 4.21. The Morgan fingerprint density at radius 1 is 1.39 bits per heavy atom. The maximum absolute atomic E-state index is 12.0. The number of carbonyl (C=O) groups is 1. The number of thioether (sulfide) groups is 1. The fourth-order valence-electron chi connectivity index (χ4n) is 2.71. The Bertz CT molecular complexity index is 316.